The van der Waals surface area contributed by atoms with Crippen molar-refractivity contribution in [3.05, 3.63) is 47.9 Å². The van der Waals surface area contributed by atoms with E-state index in [1.807, 2.05) is 11.0 Å². The van der Waals surface area contributed by atoms with Gasteiger partial charge in [0.15, 0.2) is 12.4 Å². The number of rotatable bonds is 6. The highest BCUT2D eigenvalue weighted by atomic mass is 19.4. The number of ether oxygens (including phenoxy) is 1. The molecular formula is C23H21F3N4O4. The second kappa shape index (κ2) is 9.51. The van der Waals surface area contributed by atoms with Crippen LogP contribution in [0, 0.1) is 24.2 Å². The third-order valence-electron chi connectivity index (χ3n) is 5.39. The molecule has 1 aliphatic heterocycles. The van der Waals surface area contributed by atoms with Crippen molar-refractivity contribution in [1.29, 1.82) is 5.26 Å². The molecule has 1 amide bonds. The summed E-state index contributed by atoms with van der Waals surface area (Å²) in [5.74, 6) is 0.199. The molecule has 0 radical (unpaired) electrons. The topological polar surface area (TPSA) is 105 Å². The highest BCUT2D eigenvalue weighted by molar-refractivity contribution is 5.94. The summed E-state index contributed by atoms with van der Waals surface area (Å²) in [5.41, 5.74) is 1.02. The molecule has 2 aromatic heterocycles. The van der Waals surface area contributed by atoms with Gasteiger partial charge in [0.2, 0.25) is 17.5 Å². The summed E-state index contributed by atoms with van der Waals surface area (Å²) in [6.07, 6.45) is -2.10. The average molecular weight is 474 g/mol. The van der Waals surface area contributed by atoms with Gasteiger partial charge in [0.25, 0.3) is 5.89 Å². The van der Waals surface area contributed by atoms with E-state index in [0.29, 0.717) is 43.1 Å². The van der Waals surface area contributed by atoms with Crippen LogP contribution in [0.3, 0.4) is 0 Å². The van der Waals surface area contributed by atoms with Crippen molar-refractivity contribution >= 4 is 17.5 Å². The van der Waals surface area contributed by atoms with E-state index in [0.717, 1.165) is 0 Å². The molecule has 0 spiro atoms. The first-order chi connectivity index (χ1) is 16.2. The predicted octanol–water partition coefficient (Wildman–Crippen LogP) is 4.91. The molecular weight excluding hydrogens is 453 g/mol. The van der Waals surface area contributed by atoms with Crippen LogP contribution in [0.1, 0.15) is 24.1 Å². The van der Waals surface area contributed by atoms with Crippen LogP contribution in [0.25, 0.3) is 11.7 Å². The van der Waals surface area contributed by atoms with Gasteiger partial charge in [0, 0.05) is 19.0 Å². The molecule has 8 nitrogen and oxygen atoms in total. The number of carbonyl (C=O) groups excluding carboxylic acids is 1. The number of benzene rings is 1. The van der Waals surface area contributed by atoms with Crippen LogP contribution < -0.4 is 15.0 Å². The van der Waals surface area contributed by atoms with Gasteiger partial charge in [-0.25, -0.2) is 0 Å². The predicted molar refractivity (Wildman–Crippen MR) is 115 cm³/mol. The molecule has 0 bridgehead atoms. The zero-order valence-electron chi connectivity index (χ0n) is 18.2. The van der Waals surface area contributed by atoms with Gasteiger partial charge < -0.3 is 23.8 Å². The number of hydrogen-bond acceptors (Lipinski definition) is 7. The van der Waals surface area contributed by atoms with E-state index in [9.17, 15) is 23.2 Å². The standard InChI is InChI=1S/C23H21F3N4O4/c1-14-4-5-16(19(11-14)33-13-23(24,25)26)28-20(31)15-6-8-30(9-7-15)22-17(12-27)29-21(34-22)18-3-2-10-32-18/h2-5,10-11,15H,6-9,13H2,1H3,(H,28,31). The van der Waals surface area contributed by atoms with Crippen molar-refractivity contribution in [3.63, 3.8) is 0 Å². The Balaban J connectivity index is 1.40. The van der Waals surface area contributed by atoms with Crippen molar-refractivity contribution in [1.82, 2.24) is 4.98 Å². The first kappa shape index (κ1) is 23.2. The van der Waals surface area contributed by atoms with Crippen molar-refractivity contribution in [3.8, 4) is 23.5 Å². The first-order valence-corrected chi connectivity index (χ1v) is 10.5. The third-order valence-corrected chi connectivity index (χ3v) is 5.39. The number of aromatic nitrogens is 1. The number of oxazole rings is 1. The first-order valence-electron chi connectivity index (χ1n) is 10.5. The van der Waals surface area contributed by atoms with E-state index in [1.165, 1.54) is 18.4 Å². The summed E-state index contributed by atoms with van der Waals surface area (Å²) < 4.78 is 53.7. The van der Waals surface area contributed by atoms with Gasteiger partial charge in [0.05, 0.1) is 12.0 Å². The minimum Gasteiger partial charge on any atom is -0.482 e. The van der Waals surface area contributed by atoms with Crippen LogP contribution in [0.15, 0.2) is 45.4 Å². The van der Waals surface area contributed by atoms with Gasteiger partial charge in [-0.05, 0) is 49.6 Å². The summed E-state index contributed by atoms with van der Waals surface area (Å²) in [6.45, 7) is 1.14. The fraction of sp³-hybridized carbons (Fsp3) is 0.348. The monoisotopic (exact) mass is 474 g/mol. The minimum absolute atomic E-state index is 0.0334. The maximum absolute atomic E-state index is 12.8. The number of nitrogens with one attached hydrogen (secondary N) is 1. The summed E-state index contributed by atoms with van der Waals surface area (Å²) in [7, 11) is 0. The number of furan rings is 1. The number of nitriles is 1. The Labute approximate surface area is 192 Å². The summed E-state index contributed by atoms with van der Waals surface area (Å²) in [4.78, 5) is 18.8. The molecule has 0 unspecified atom stereocenters. The Morgan fingerprint density at radius 3 is 2.74 bits per heavy atom. The van der Waals surface area contributed by atoms with Crippen molar-refractivity contribution < 1.29 is 31.5 Å². The number of aryl methyl sites for hydroxylation is 1. The molecule has 4 rings (SSSR count). The lowest BCUT2D eigenvalue weighted by Gasteiger charge is -2.31. The van der Waals surface area contributed by atoms with E-state index in [1.54, 1.807) is 25.1 Å². The SMILES string of the molecule is Cc1ccc(NC(=O)C2CCN(c3oc(-c4ccco4)nc3C#N)CC2)c(OCC(F)(F)F)c1. The number of piperidine rings is 1. The zero-order chi connectivity index (χ0) is 24.3. The molecule has 34 heavy (non-hydrogen) atoms. The molecule has 1 N–H and O–H groups in total. The summed E-state index contributed by atoms with van der Waals surface area (Å²) in [5, 5.41) is 12.1. The van der Waals surface area contributed by atoms with Crippen molar-refractivity contribution in [2.45, 2.75) is 25.9 Å². The lowest BCUT2D eigenvalue weighted by molar-refractivity contribution is -0.153. The molecule has 1 aliphatic rings. The normalized spacial score (nSPS) is 14.6. The van der Waals surface area contributed by atoms with Gasteiger partial charge in [-0.2, -0.15) is 23.4 Å². The number of amides is 1. The van der Waals surface area contributed by atoms with Crippen LogP contribution in [0.5, 0.6) is 5.75 Å². The van der Waals surface area contributed by atoms with Crippen LogP contribution in [-0.2, 0) is 4.79 Å². The molecule has 0 aliphatic carbocycles. The van der Waals surface area contributed by atoms with Gasteiger partial charge in [-0.1, -0.05) is 6.07 Å². The molecule has 0 saturated carbocycles. The highest BCUT2D eigenvalue weighted by Crippen LogP contribution is 2.33. The lowest BCUT2D eigenvalue weighted by atomic mass is 9.95. The number of anilines is 2. The number of halogens is 3. The largest absolute Gasteiger partial charge is 0.482 e. The molecule has 0 atom stereocenters. The van der Waals surface area contributed by atoms with Crippen LogP contribution in [0.2, 0.25) is 0 Å². The molecule has 178 valence electrons. The fourth-order valence-electron chi connectivity index (χ4n) is 3.70. The smallest absolute Gasteiger partial charge is 0.422 e. The second-order valence-corrected chi connectivity index (χ2v) is 7.92. The van der Waals surface area contributed by atoms with Gasteiger partial charge in [-0.15, -0.1) is 0 Å². The highest BCUT2D eigenvalue weighted by Gasteiger charge is 2.31. The second-order valence-electron chi connectivity index (χ2n) is 7.92. The molecule has 1 fully saturated rings. The quantitative estimate of drug-likeness (QED) is 0.541. The maximum Gasteiger partial charge on any atom is 0.422 e. The fourth-order valence-corrected chi connectivity index (χ4v) is 3.70. The molecule has 3 heterocycles. The maximum atomic E-state index is 12.8. The van der Waals surface area contributed by atoms with Crippen LogP contribution in [0.4, 0.5) is 24.7 Å². The number of alkyl halides is 3. The third kappa shape index (κ3) is 5.33. The van der Waals surface area contributed by atoms with E-state index >= 15 is 0 Å². The number of carbonyl (C=O) groups is 1. The van der Waals surface area contributed by atoms with E-state index in [-0.39, 0.29) is 34.8 Å². The summed E-state index contributed by atoms with van der Waals surface area (Å²) in [6, 6.07) is 10.0. The zero-order valence-corrected chi connectivity index (χ0v) is 18.2. The number of nitrogens with zero attached hydrogens (tertiary/aromatic N) is 3. The molecule has 1 aromatic carbocycles. The van der Waals surface area contributed by atoms with Crippen LogP contribution in [-0.4, -0.2) is 36.8 Å². The van der Waals surface area contributed by atoms with E-state index < -0.39 is 12.8 Å². The number of hydrogen-bond donors (Lipinski definition) is 1. The van der Waals surface area contributed by atoms with Crippen molar-refractivity contribution in [2.24, 2.45) is 5.92 Å². The molecule has 1 saturated heterocycles. The van der Waals surface area contributed by atoms with E-state index in [4.69, 9.17) is 13.6 Å². The Bertz CT molecular complexity index is 1190. The van der Waals surface area contributed by atoms with E-state index in [2.05, 4.69) is 10.3 Å². The minimum atomic E-state index is -4.49. The van der Waals surface area contributed by atoms with Crippen LogP contribution >= 0.6 is 0 Å². The lowest BCUT2D eigenvalue weighted by Crippen LogP contribution is -2.38. The molecule has 11 heteroatoms. The molecule has 3 aromatic rings. The Morgan fingerprint density at radius 1 is 1.32 bits per heavy atom. The average Bonchev–Trinajstić information content (AvgIpc) is 3.48. The Morgan fingerprint density at radius 2 is 2.09 bits per heavy atom. The van der Waals surface area contributed by atoms with Gasteiger partial charge in [-0.3, -0.25) is 4.79 Å². The van der Waals surface area contributed by atoms with Crippen molar-refractivity contribution in [2.75, 3.05) is 29.9 Å². The Kier molecular flexibility index (Phi) is 6.49. The summed E-state index contributed by atoms with van der Waals surface area (Å²) >= 11 is 0. The Hall–Kier alpha value is -3.94. The van der Waals surface area contributed by atoms with Gasteiger partial charge >= 0.3 is 6.18 Å². The van der Waals surface area contributed by atoms with Gasteiger partial charge in [0.1, 0.15) is 11.8 Å².